The van der Waals surface area contributed by atoms with Crippen LogP contribution in [0, 0.1) is 0 Å². The Morgan fingerprint density at radius 2 is 1.28 bits per heavy atom. The Kier molecular flexibility index (Phi) is 6.84. The molecule has 0 saturated heterocycles. The molecule has 0 aliphatic carbocycles. The molecule has 6 aromatic rings. The summed E-state index contributed by atoms with van der Waals surface area (Å²) in [5.41, 5.74) is 17.1. The number of ether oxygens (including phenoxy) is 2. The number of rotatable bonds is 6. The predicted octanol–water partition coefficient (Wildman–Crippen LogP) is 7.85. The zero-order valence-electron chi connectivity index (χ0n) is 25.1. The Balaban J connectivity index is 1.42. The summed E-state index contributed by atoms with van der Waals surface area (Å²) >= 11 is 0. The van der Waals surface area contributed by atoms with Crippen molar-refractivity contribution in [2.75, 3.05) is 0 Å². The normalized spacial score (nSPS) is 12.9. The van der Waals surface area contributed by atoms with Crippen molar-refractivity contribution in [3.63, 3.8) is 0 Å². The van der Waals surface area contributed by atoms with Gasteiger partial charge in [0.2, 0.25) is 0 Å². The maximum Gasteiger partial charge on any atom is 0.260 e. The summed E-state index contributed by atoms with van der Waals surface area (Å²) in [6.07, 6.45) is 10.8. The Labute approximate surface area is 268 Å². The van der Waals surface area contributed by atoms with Crippen molar-refractivity contribution in [1.29, 1.82) is 0 Å². The topological polar surface area (TPSA) is 57.4 Å². The first-order chi connectivity index (χ1) is 22.7. The third-order valence-corrected chi connectivity index (χ3v) is 8.73. The Morgan fingerprint density at radius 1 is 0.674 bits per heavy atom. The van der Waals surface area contributed by atoms with Crippen molar-refractivity contribution in [3.8, 4) is 56.4 Å². The maximum absolute atomic E-state index is 6.94. The minimum atomic E-state index is -0.126. The molecule has 2 N–H and O–H groups in total. The molecule has 0 saturated carbocycles. The summed E-state index contributed by atoms with van der Waals surface area (Å²) in [5.74, 6) is 3.16. The molecule has 218 valence electrons. The second-order valence-electron chi connectivity index (χ2n) is 11.4. The number of nitrogens with two attached hydrogens (primary N) is 1. The van der Waals surface area contributed by atoms with Gasteiger partial charge in [-0.1, -0.05) is 110 Å². The third-order valence-electron chi connectivity index (χ3n) is 8.73. The van der Waals surface area contributed by atoms with E-state index in [0.717, 1.165) is 83.9 Å². The molecule has 5 heteroatoms. The number of benzene rings is 5. The first kappa shape index (κ1) is 27.5. The predicted molar refractivity (Wildman–Crippen MR) is 190 cm³/mol. The molecule has 0 atom stereocenters. The second kappa shape index (κ2) is 11.5. The van der Waals surface area contributed by atoms with Crippen molar-refractivity contribution in [2.45, 2.75) is 0 Å². The van der Waals surface area contributed by atoms with Crippen LogP contribution in [0.3, 0.4) is 0 Å². The molecular formula is C41H29BN2O2. The summed E-state index contributed by atoms with van der Waals surface area (Å²) in [5, 5.41) is 0. The molecule has 0 bridgehead atoms. The maximum atomic E-state index is 6.94. The van der Waals surface area contributed by atoms with Crippen LogP contribution in [0.1, 0.15) is 5.56 Å². The average molecular weight is 593 g/mol. The van der Waals surface area contributed by atoms with Crippen molar-refractivity contribution in [2.24, 2.45) is 5.73 Å². The van der Waals surface area contributed by atoms with Crippen molar-refractivity contribution < 1.29 is 9.47 Å². The highest BCUT2D eigenvalue weighted by Gasteiger charge is 2.43. The monoisotopic (exact) mass is 592 g/mol. The quantitative estimate of drug-likeness (QED) is 0.158. The standard InChI is InChI=1S/C41H29BN2O2/c1-2-27(15-9-21-43)33-25-34(32-16-10-22-44-26-32)41-39-40(33)45-37-23-30(28-11-5-3-6-12-28)17-19-35(37)42(39)36-20-18-31(24-38(36)46-41)29-13-7-4-8-14-29/h2-26H,1,43H2/b21-9-,27-15+. The lowest BCUT2D eigenvalue weighted by atomic mass is 9.34. The van der Waals surface area contributed by atoms with Crippen molar-refractivity contribution >= 4 is 28.7 Å². The number of allylic oxidation sites excluding steroid dienone is 4. The van der Waals surface area contributed by atoms with Crippen LogP contribution in [0.25, 0.3) is 39.0 Å². The van der Waals surface area contributed by atoms with E-state index in [0.29, 0.717) is 0 Å². The van der Waals surface area contributed by atoms with Crippen LogP contribution < -0.4 is 31.6 Å². The number of nitrogens with zero attached hydrogens (tertiary/aromatic N) is 1. The highest BCUT2D eigenvalue weighted by molar-refractivity contribution is 6.98. The van der Waals surface area contributed by atoms with Crippen LogP contribution in [0.2, 0.25) is 0 Å². The summed E-state index contributed by atoms with van der Waals surface area (Å²) in [6.45, 7) is 4.02. The molecule has 1 aromatic heterocycles. The van der Waals surface area contributed by atoms with E-state index in [9.17, 15) is 0 Å². The van der Waals surface area contributed by atoms with Crippen LogP contribution in [0.15, 0.2) is 159 Å². The first-order valence-electron chi connectivity index (χ1n) is 15.3. The molecule has 2 aliphatic heterocycles. The number of hydrogen-bond acceptors (Lipinski definition) is 4. The zero-order chi connectivity index (χ0) is 31.0. The summed E-state index contributed by atoms with van der Waals surface area (Å²) in [6, 6.07) is 40.0. The zero-order valence-corrected chi connectivity index (χ0v) is 25.1. The Morgan fingerprint density at radius 3 is 1.85 bits per heavy atom. The number of fused-ring (bicyclic) bond motifs is 4. The van der Waals surface area contributed by atoms with Gasteiger partial charge in [0.25, 0.3) is 6.71 Å². The minimum absolute atomic E-state index is 0.126. The first-order valence-corrected chi connectivity index (χ1v) is 15.3. The molecule has 0 amide bonds. The average Bonchev–Trinajstić information content (AvgIpc) is 3.13. The molecule has 3 heterocycles. The molecular weight excluding hydrogens is 563 g/mol. The van der Waals surface area contributed by atoms with Crippen LogP contribution in [0.4, 0.5) is 0 Å². The lowest BCUT2D eigenvalue weighted by Crippen LogP contribution is -2.57. The molecule has 8 rings (SSSR count). The van der Waals surface area contributed by atoms with Crippen LogP contribution in [0.5, 0.6) is 23.0 Å². The van der Waals surface area contributed by atoms with E-state index in [4.69, 9.17) is 15.2 Å². The van der Waals surface area contributed by atoms with E-state index in [1.54, 1.807) is 6.20 Å². The van der Waals surface area contributed by atoms with Gasteiger partial charge in [-0.25, -0.2) is 0 Å². The van der Waals surface area contributed by atoms with Gasteiger partial charge in [0.1, 0.15) is 23.0 Å². The smallest absolute Gasteiger partial charge is 0.260 e. The summed E-state index contributed by atoms with van der Waals surface area (Å²) in [4.78, 5) is 4.45. The molecule has 4 nitrogen and oxygen atoms in total. The summed E-state index contributed by atoms with van der Waals surface area (Å²) in [7, 11) is 0. The molecule has 5 aromatic carbocycles. The van der Waals surface area contributed by atoms with Gasteiger partial charge >= 0.3 is 0 Å². The fourth-order valence-corrected chi connectivity index (χ4v) is 6.57. The fraction of sp³-hybridized carbons (Fsp3) is 0. The molecule has 0 spiro atoms. The van der Waals surface area contributed by atoms with Crippen LogP contribution >= 0.6 is 0 Å². The Bertz CT molecular complexity index is 2160. The van der Waals surface area contributed by atoms with Gasteiger partial charge in [-0.2, -0.15) is 0 Å². The molecule has 0 unspecified atom stereocenters. The second-order valence-corrected chi connectivity index (χ2v) is 11.4. The minimum Gasteiger partial charge on any atom is -0.458 e. The van der Waals surface area contributed by atoms with Crippen molar-refractivity contribution in [3.05, 3.63) is 164 Å². The highest BCUT2D eigenvalue weighted by Crippen LogP contribution is 2.45. The molecule has 2 aliphatic rings. The number of aromatic nitrogens is 1. The molecule has 0 radical (unpaired) electrons. The highest BCUT2D eigenvalue weighted by atomic mass is 16.5. The lowest BCUT2D eigenvalue weighted by Gasteiger charge is -2.36. The number of pyridine rings is 1. The van der Waals surface area contributed by atoms with Gasteiger partial charge in [0, 0.05) is 34.5 Å². The van der Waals surface area contributed by atoms with Crippen LogP contribution in [-0.2, 0) is 0 Å². The van der Waals surface area contributed by atoms with Gasteiger partial charge in [-0.3, -0.25) is 4.98 Å². The van der Waals surface area contributed by atoms with Crippen LogP contribution in [-0.4, -0.2) is 11.7 Å². The SMILES string of the molecule is C=C/C(=C\C=C/N)c1cc(-c2cccnc2)c2c3c1Oc1cc(-c4ccccc4)ccc1B3c1ccc(-c3ccccc3)cc1O2. The van der Waals surface area contributed by atoms with E-state index >= 15 is 0 Å². The molecule has 46 heavy (non-hydrogen) atoms. The van der Waals surface area contributed by atoms with Gasteiger partial charge < -0.3 is 15.2 Å². The van der Waals surface area contributed by atoms with E-state index in [2.05, 4.69) is 109 Å². The van der Waals surface area contributed by atoms with Gasteiger partial charge in [0.15, 0.2) is 0 Å². The largest absolute Gasteiger partial charge is 0.458 e. The summed E-state index contributed by atoms with van der Waals surface area (Å²) < 4.78 is 13.9. The van der Waals surface area contributed by atoms with Gasteiger partial charge in [0.05, 0.1) is 0 Å². The van der Waals surface area contributed by atoms with E-state index in [1.165, 1.54) is 6.20 Å². The number of hydrogen-bond donors (Lipinski definition) is 1. The van der Waals surface area contributed by atoms with Gasteiger partial charge in [-0.15, -0.1) is 0 Å². The van der Waals surface area contributed by atoms with E-state index in [1.807, 2.05) is 42.6 Å². The molecule has 0 fully saturated rings. The lowest BCUT2D eigenvalue weighted by molar-refractivity contribution is 0.465. The van der Waals surface area contributed by atoms with E-state index < -0.39 is 0 Å². The van der Waals surface area contributed by atoms with Gasteiger partial charge in [-0.05, 0) is 75.3 Å². The third kappa shape index (κ3) is 4.61. The van der Waals surface area contributed by atoms with E-state index in [-0.39, 0.29) is 6.71 Å². The Hall–Kier alpha value is -6.07. The fourth-order valence-electron chi connectivity index (χ4n) is 6.57. The van der Waals surface area contributed by atoms with Crippen molar-refractivity contribution in [1.82, 2.24) is 4.98 Å².